The van der Waals surface area contributed by atoms with Crippen molar-refractivity contribution in [3.8, 4) is 0 Å². The van der Waals surface area contributed by atoms with E-state index >= 15 is 0 Å². The van der Waals surface area contributed by atoms with Gasteiger partial charge in [-0.2, -0.15) is 4.98 Å². The zero-order valence-corrected chi connectivity index (χ0v) is 16.4. The number of rotatable bonds is 2. The van der Waals surface area contributed by atoms with Crippen LogP contribution in [0, 0.1) is 5.41 Å². The van der Waals surface area contributed by atoms with E-state index in [-0.39, 0.29) is 17.2 Å². The molecular formula is C23H22N4O2. The number of Topliss-reactive ketones (excluding diaryl/α,β-unsaturated/α-hetero) is 1. The Bertz CT molecular complexity index is 1120. The lowest BCUT2D eigenvalue weighted by Gasteiger charge is -2.37. The van der Waals surface area contributed by atoms with Crippen LogP contribution in [0.3, 0.4) is 0 Å². The van der Waals surface area contributed by atoms with Crippen LogP contribution in [-0.2, 0) is 4.79 Å². The molecule has 0 radical (unpaired) electrons. The lowest BCUT2D eigenvalue weighted by atomic mass is 9.73. The van der Waals surface area contributed by atoms with Crippen LogP contribution in [0.1, 0.15) is 38.3 Å². The quantitative estimate of drug-likeness (QED) is 0.674. The highest BCUT2D eigenvalue weighted by Crippen LogP contribution is 2.42. The Morgan fingerprint density at radius 3 is 2.62 bits per heavy atom. The maximum atomic E-state index is 13.0. The van der Waals surface area contributed by atoms with Gasteiger partial charge in [-0.05, 0) is 29.5 Å². The fourth-order valence-corrected chi connectivity index (χ4v) is 4.10. The van der Waals surface area contributed by atoms with Crippen LogP contribution < -0.4 is 10.6 Å². The second kappa shape index (κ2) is 6.58. The first-order valence-corrected chi connectivity index (χ1v) is 9.77. The fourth-order valence-electron chi connectivity index (χ4n) is 4.10. The molecule has 0 bridgehead atoms. The molecule has 0 spiro atoms. The Balaban J connectivity index is 1.54. The number of guanidine groups is 1. The molecule has 6 nitrogen and oxygen atoms in total. The number of aliphatic imine (C=N–C) groups is 1. The lowest BCUT2D eigenvalue weighted by Crippen LogP contribution is -2.41. The number of benzene rings is 2. The summed E-state index contributed by atoms with van der Waals surface area (Å²) in [6.45, 7) is 4.24. The van der Waals surface area contributed by atoms with Crippen molar-refractivity contribution in [3.05, 3.63) is 71.4 Å². The summed E-state index contributed by atoms with van der Waals surface area (Å²) in [5, 5.41) is 6.49. The maximum Gasteiger partial charge on any atom is 0.302 e. The van der Waals surface area contributed by atoms with Gasteiger partial charge in [-0.3, -0.25) is 10.1 Å². The Hall–Kier alpha value is -3.41. The van der Waals surface area contributed by atoms with Crippen LogP contribution in [0.4, 0.5) is 6.01 Å². The Morgan fingerprint density at radius 1 is 1.07 bits per heavy atom. The highest BCUT2D eigenvalue weighted by atomic mass is 16.4. The predicted molar refractivity (Wildman–Crippen MR) is 112 cm³/mol. The van der Waals surface area contributed by atoms with E-state index in [0.717, 1.165) is 28.8 Å². The average Bonchev–Trinajstić information content (AvgIpc) is 3.09. The Kier molecular flexibility index (Phi) is 4.01. The molecule has 2 aromatic carbocycles. The molecule has 1 aromatic heterocycles. The number of allylic oxidation sites excluding steroid dienone is 1. The zero-order chi connectivity index (χ0) is 20.0. The van der Waals surface area contributed by atoms with Gasteiger partial charge in [0.15, 0.2) is 11.4 Å². The van der Waals surface area contributed by atoms with Crippen molar-refractivity contribution in [2.75, 3.05) is 5.32 Å². The van der Waals surface area contributed by atoms with Crippen molar-refractivity contribution in [3.63, 3.8) is 0 Å². The molecule has 0 fully saturated rings. The number of oxazole rings is 1. The largest absolute Gasteiger partial charge is 0.423 e. The second-order valence-corrected chi connectivity index (χ2v) is 8.36. The molecule has 2 heterocycles. The van der Waals surface area contributed by atoms with Crippen molar-refractivity contribution in [2.45, 2.75) is 32.7 Å². The van der Waals surface area contributed by atoms with E-state index in [1.54, 1.807) is 0 Å². The molecule has 0 saturated heterocycles. The van der Waals surface area contributed by atoms with Crippen molar-refractivity contribution in [1.82, 2.24) is 10.3 Å². The second-order valence-electron chi connectivity index (χ2n) is 8.36. The van der Waals surface area contributed by atoms with E-state index in [4.69, 9.17) is 9.41 Å². The van der Waals surface area contributed by atoms with E-state index in [2.05, 4.69) is 29.5 Å². The highest BCUT2D eigenvalue weighted by Gasteiger charge is 2.39. The topological polar surface area (TPSA) is 79.5 Å². The molecule has 2 aliphatic rings. The number of carbonyl (C=O) groups excluding carboxylic acids is 1. The molecule has 2 N–H and O–H groups in total. The molecule has 5 rings (SSSR count). The molecule has 1 atom stereocenters. The number of aromatic nitrogens is 1. The van der Waals surface area contributed by atoms with Crippen molar-refractivity contribution in [1.29, 1.82) is 0 Å². The number of nitrogens with zero attached hydrogens (tertiary/aromatic N) is 2. The van der Waals surface area contributed by atoms with E-state index in [1.165, 1.54) is 0 Å². The summed E-state index contributed by atoms with van der Waals surface area (Å²) >= 11 is 0. The van der Waals surface area contributed by atoms with Gasteiger partial charge in [0, 0.05) is 17.7 Å². The number of anilines is 1. The van der Waals surface area contributed by atoms with Gasteiger partial charge in [0.05, 0.1) is 0 Å². The number of nitrogens with one attached hydrogen (secondary N) is 2. The van der Waals surface area contributed by atoms with Crippen LogP contribution in [0.5, 0.6) is 0 Å². The van der Waals surface area contributed by atoms with Gasteiger partial charge in [-0.15, -0.1) is 0 Å². The third-order valence-corrected chi connectivity index (χ3v) is 5.36. The Morgan fingerprint density at radius 2 is 1.83 bits per heavy atom. The van der Waals surface area contributed by atoms with Crippen LogP contribution in [0.15, 0.2) is 75.3 Å². The van der Waals surface area contributed by atoms with Crippen molar-refractivity contribution >= 4 is 28.9 Å². The van der Waals surface area contributed by atoms with Crippen molar-refractivity contribution < 1.29 is 9.21 Å². The molecular weight excluding hydrogens is 364 g/mol. The fraction of sp³-hybridized carbons (Fsp3) is 0.261. The summed E-state index contributed by atoms with van der Waals surface area (Å²) in [6.07, 6.45) is 1.31. The first kappa shape index (κ1) is 17.7. The lowest BCUT2D eigenvalue weighted by molar-refractivity contribution is -0.118. The number of ketones is 1. The van der Waals surface area contributed by atoms with Gasteiger partial charge in [0.25, 0.3) is 0 Å². The SMILES string of the molecule is CC1(C)CC(=O)C2=C(C1)NC(Nc1nc3ccccc3o1)=N[C@H]2c1ccccc1. The summed E-state index contributed by atoms with van der Waals surface area (Å²) in [7, 11) is 0. The van der Waals surface area contributed by atoms with E-state index in [0.29, 0.717) is 24.0 Å². The summed E-state index contributed by atoms with van der Waals surface area (Å²) in [5.74, 6) is 0.692. The molecule has 0 unspecified atom stereocenters. The molecule has 146 valence electrons. The molecule has 1 aliphatic carbocycles. The summed E-state index contributed by atoms with van der Waals surface area (Å²) in [5.41, 5.74) is 4.07. The first-order valence-electron chi connectivity index (χ1n) is 9.77. The third-order valence-electron chi connectivity index (χ3n) is 5.36. The number of carbonyl (C=O) groups is 1. The maximum absolute atomic E-state index is 13.0. The molecule has 0 saturated carbocycles. The minimum absolute atomic E-state index is 0.0930. The van der Waals surface area contributed by atoms with Gasteiger partial charge < -0.3 is 9.73 Å². The first-order chi connectivity index (χ1) is 14.0. The summed E-state index contributed by atoms with van der Waals surface area (Å²) < 4.78 is 5.78. The molecule has 6 heteroatoms. The monoisotopic (exact) mass is 386 g/mol. The summed E-state index contributed by atoms with van der Waals surface area (Å²) in [4.78, 5) is 22.3. The van der Waals surface area contributed by atoms with Crippen LogP contribution in [-0.4, -0.2) is 16.7 Å². The van der Waals surface area contributed by atoms with Gasteiger partial charge in [-0.1, -0.05) is 56.3 Å². The van der Waals surface area contributed by atoms with Gasteiger partial charge >= 0.3 is 6.01 Å². The number of fused-ring (bicyclic) bond motifs is 1. The summed E-state index contributed by atoms with van der Waals surface area (Å²) in [6, 6.07) is 17.5. The van der Waals surface area contributed by atoms with E-state index in [1.807, 2.05) is 54.6 Å². The van der Waals surface area contributed by atoms with Crippen LogP contribution in [0.25, 0.3) is 11.1 Å². The standard InChI is InChI=1S/C23H22N4O2/c1-23(2)12-16-19(17(28)13-23)20(14-8-4-3-5-9-14)26-21(24-16)27-22-25-15-10-6-7-11-18(15)29-22/h3-11,20H,12-13H2,1-2H3,(H2,24,25,26,27)/t20-/m0/s1. The van der Waals surface area contributed by atoms with Crippen LogP contribution in [0.2, 0.25) is 0 Å². The highest BCUT2D eigenvalue weighted by molar-refractivity contribution is 6.03. The zero-order valence-electron chi connectivity index (χ0n) is 16.4. The van der Waals surface area contributed by atoms with Gasteiger partial charge in [0.2, 0.25) is 5.96 Å². The van der Waals surface area contributed by atoms with Gasteiger partial charge in [-0.25, -0.2) is 4.99 Å². The number of hydrogen-bond acceptors (Lipinski definition) is 6. The minimum Gasteiger partial charge on any atom is -0.423 e. The van der Waals surface area contributed by atoms with Crippen molar-refractivity contribution in [2.24, 2.45) is 10.4 Å². The van der Waals surface area contributed by atoms with Gasteiger partial charge in [0.1, 0.15) is 11.6 Å². The number of hydrogen-bond donors (Lipinski definition) is 2. The molecule has 3 aromatic rings. The molecule has 1 aliphatic heterocycles. The Labute approximate surface area is 168 Å². The number of para-hydroxylation sites is 2. The minimum atomic E-state index is -0.345. The molecule has 0 amide bonds. The van der Waals surface area contributed by atoms with E-state index < -0.39 is 0 Å². The average molecular weight is 386 g/mol. The normalized spacial score (nSPS) is 20.8. The predicted octanol–water partition coefficient (Wildman–Crippen LogP) is 4.58. The third kappa shape index (κ3) is 3.31. The van der Waals surface area contributed by atoms with E-state index in [9.17, 15) is 4.79 Å². The molecule has 29 heavy (non-hydrogen) atoms. The smallest absolute Gasteiger partial charge is 0.302 e. The van der Waals surface area contributed by atoms with Crippen LogP contribution >= 0.6 is 0 Å².